The molecule has 3 nitrogen and oxygen atoms in total. The Morgan fingerprint density at radius 1 is 1.22 bits per heavy atom. The van der Waals surface area contributed by atoms with Gasteiger partial charge in [-0.3, -0.25) is 0 Å². The summed E-state index contributed by atoms with van der Waals surface area (Å²) in [5.74, 6) is 0.829. The van der Waals surface area contributed by atoms with Gasteiger partial charge in [0.2, 0.25) is 0 Å². The molecule has 2 unspecified atom stereocenters. The molecule has 0 heterocycles. The Kier molecular flexibility index (Phi) is 5.02. The van der Waals surface area contributed by atoms with Crippen LogP contribution in [0.3, 0.4) is 0 Å². The predicted molar refractivity (Wildman–Crippen MR) is 70.7 cm³/mol. The van der Waals surface area contributed by atoms with Crippen LogP contribution in [-0.2, 0) is 11.3 Å². The third kappa shape index (κ3) is 3.72. The second-order valence-corrected chi connectivity index (χ2v) is 4.94. The maximum absolute atomic E-state index is 10.0. The van der Waals surface area contributed by atoms with Gasteiger partial charge in [-0.25, -0.2) is 0 Å². The monoisotopic (exact) mass is 250 g/mol. The first-order chi connectivity index (χ1) is 8.79. The van der Waals surface area contributed by atoms with E-state index in [-0.39, 0.29) is 12.2 Å². The van der Waals surface area contributed by atoms with Crippen LogP contribution in [-0.4, -0.2) is 24.4 Å². The smallest absolute Gasteiger partial charge is 0.124 e. The summed E-state index contributed by atoms with van der Waals surface area (Å²) in [5, 5.41) is 10.0. The van der Waals surface area contributed by atoms with Gasteiger partial charge in [0.1, 0.15) is 11.9 Å². The largest absolute Gasteiger partial charge is 0.488 e. The number of rotatable bonds is 4. The Balaban J connectivity index is 2.00. The lowest BCUT2D eigenvalue weighted by Gasteiger charge is -2.22. The van der Waals surface area contributed by atoms with Crippen molar-refractivity contribution in [2.24, 2.45) is 0 Å². The van der Waals surface area contributed by atoms with Crippen LogP contribution in [0.2, 0.25) is 0 Å². The van der Waals surface area contributed by atoms with E-state index in [1.54, 1.807) is 7.11 Å². The number of ether oxygens (including phenoxy) is 2. The van der Waals surface area contributed by atoms with Gasteiger partial charge in [0, 0.05) is 7.11 Å². The minimum Gasteiger partial charge on any atom is -0.488 e. The summed E-state index contributed by atoms with van der Waals surface area (Å²) >= 11 is 0. The third-order valence-corrected chi connectivity index (χ3v) is 3.41. The minimum atomic E-state index is -0.335. The van der Waals surface area contributed by atoms with E-state index in [1.807, 2.05) is 24.3 Å². The highest BCUT2D eigenvalue weighted by atomic mass is 16.5. The van der Waals surface area contributed by atoms with Crippen LogP contribution >= 0.6 is 0 Å². The van der Waals surface area contributed by atoms with Crippen molar-refractivity contribution in [2.45, 2.75) is 50.9 Å². The molecule has 2 atom stereocenters. The van der Waals surface area contributed by atoms with Gasteiger partial charge in [0.15, 0.2) is 0 Å². The third-order valence-electron chi connectivity index (χ3n) is 3.41. The summed E-state index contributed by atoms with van der Waals surface area (Å²) in [6.07, 6.45) is 4.83. The van der Waals surface area contributed by atoms with Crippen molar-refractivity contribution in [2.75, 3.05) is 7.11 Å². The molecule has 1 aromatic rings. The molecule has 1 aromatic carbocycles. The maximum atomic E-state index is 10.0. The molecular weight excluding hydrogens is 228 g/mol. The van der Waals surface area contributed by atoms with E-state index in [0.29, 0.717) is 6.61 Å². The average molecular weight is 250 g/mol. The lowest BCUT2D eigenvalue weighted by Crippen LogP contribution is -2.30. The van der Waals surface area contributed by atoms with Gasteiger partial charge in [-0.2, -0.15) is 0 Å². The van der Waals surface area contributed by atoms with Gasteiger partial charge in [-0.1, -0.05) is 25.0 Å². The van der Waals surface area contributed by atoms with Crippen molar-refractivity contribution in [3.63, 3.8) is 0 Å². The van der Waals surface area contributed by atoms with E-state index in [1.165, 1.54) is 6.42 Å². The summed E-state index contributed by atoms with van der Waals surface area (Å²) in [4.78, 5) is 0. The van der Waals surface area contributed by atoms with Crippen LogP contribution in [0.25, 0.3) is 0 Å². The summed E-state index contributed by atoms with van der Waals surface area (Å²) in [6.45, 7) is 0.588. The number of aliphatic hydroxyl groups excluding tert-OH is 1. The standard InChI is InChI=1S/C15H22O3/c1-17-11-12-6-5-7-13(10-12)18-15-9-4-2-3-8-14(15)16/h5-7,10,14-16H,2-4,8-9,11H2,1H3. The van der Waals surface area contributed by atoms with E-state index in [9.17, 15) is 5.11 Å². The molecule has 1 N–H and O–H groups in total. The van der Waals surface area contributed by atoms with Crippen LogP contribution in [0.15, 0.2) is 24.3 Å². The Morgan fingerprint density at radius 3 is 2.89 bits per heavy atom. The number of hydrogen-bond acceptors (Lipinski definition) is 3. The average Bonchev–Trinajstić information content (AvgIpc) is 2.56. The summed E-state index contributed by atoms with van der Waals surface area (Å²) in [6, 6.07) is 7.91. The van der Waals surface area contributed by atoms with E-state index in [0.717, 1.165) is 37.0 Å². The van der Waals surface area contributed by atoms with Gasteiger partial charge in [-0.15, -0.1) is 0 Å². The molecule has 0 radical (unpaired) electrons. The molecular formula is C15H22O3. The SMILES string of the molecule is COCc1cccc(OC2CCCCCC2O)c1. The number of methoxy groups -OCH3 is 1. The van der Waals surface area contributed by atoms with Crippen LogP contribution < -0.4 is 4.74 Å². The first kappa shape index (κ1) is 13.4. The molecule has 2 rings (SSSR count). The normalized spacial score (nSPS) is 24.6. The lowest BCUT2D eigenvalue weighted by molar-refractivity contribution is 0.0318. The number of benzene rings is 1. The van der Waals surface area contributed by atoms with E-state index < -0.39 is 0 Å². The van der Waals surface area contributed by atoms with E-state index in [2.05, 4.69) is 0 Å². The van der Waals surface area contributed by atoms with E-state index >= 15 is 0 Å². The molecule has 1 fully saturated rings. The minimum absolute atomic E-state index is 0.0645. The summed E-state index contributed by atoms with van der Waals surface area (Å²) in [5.41, 5.74) is 1.10. The first-order valence-corrected chi connectivity index (χ1v) is 6.72. The second-order valence-electron chi connectivity index (χ2n) is 4.94. The Morgan fingerprint density at radius 2 is 2.06 bits per heavy atom. The highest BCUT2D eigenvalue weighted by Gasteiger charge is 2.23. The van der Waals surface area contributed by atoms with Crippen molar-refractivity contribution in [3.8, 4) is 5.75 Å². The molecule has 0 aromatic heterocycles. The quantitative estimate of drug-likeness (QED) is 0.835. The molecule has 1 saturated carbocycles. The van der Waals surface area contributed by atoms with Crippen molar-refractivity contribution in [3.05, 3.63) is 29.8 Å². The summed E-state index contributed by atoms with van der Waals surface area (Å²) in [7, 11) is 1.68. The Hall–Kier alpha value is -1.06. The van der Waals surface area contributed by atoms with Crippen molar-refractivity contribution in [1.29, 1.82) is 0 Å². The zero-order chi connectivity index (χ0) is 12.8. The Bertz CT molecular complexity index is 365. The van der Waals surface area contributed by atoms with Crippen LogP contribution in [0.5, 0.6) is 5.75 Å². The fraction of sp³-hybridized carbons (Fsp3) is 0.600. The van der Waals surface area contributed by atoms with Crippen molar-refractivity contribution >= 4 is 0 Å². The fourth-order valence-electron chi connectivity index (χ4n) is 2.44. The molecule has 0 amide bonds. The van der Waals surface area contributed by atoms with E-state index in [4.69, 9.17) is 9.47 Å². The zero-order valence-electron chi connectivity index (χ0n) is 11.0. The van der Waals surface area contributed by atoms with Gasteiger partial charge >= 0.3 is 0 Å². The van der Waals surface area contributed by atoms with Gasteiger partial charge in [0.25, 0.3) is 0 Å². The van der Waals surface area contributed by atoms with Crippen LogP contribution in [0.1, 0.15) is 37.7 Å². The molecule has 1 aliphatic rings. The van der Waals surface area contributed by atoms with Crippen molar-refractivity contribution < 1.29 is 14.6 Å². The van der Waals surface area contributed by atoms with Gasteiger partial charge < -0.3 is 14.6 Å². The molecule has 3 heteroatoms. The molecule has 100 valence electrons. The van der Waals surface area contributed by atoms with Crippen molar-refractivity contribution in [1.82, 2.24) is 0 Å². The highest BCUT2D eigenvalue weighted by molar-refractivity contribution is 5.28. The second kappa shape index (κ2) is 6.76. The molecule has 0 aliphatic heterocycles. The molecule has 0 saturated heterocycles. The van der Waals surface area contributed by atoms with Crippen LogP contribution in [0, 0.1) is 0 Å². The molecule has 1 aliphatic carbocycles. The number of hydrogen-bond donors (Lipinski definition) is 1. The zero-order valence-corrected chi connectivity index (χ0v) is 11.0. The Labute approximate surface area is 109 Å². The molecule has 0 bridgehead atoms. The predicted octanol–water partition coefficient (Wildman–Crippen LogP) is 2.91. The molecule has 0 spiro atoms. The number of aliphatic hydroxyl groups is 1. The van der Waals surface area contributed by atoms with Gasteiger partial charge in [-0.05, 0) is 37.0 Å². The fourth-order valence-corrected chi connectivity index (χ4v) is 2.44. The highest BCUT2D eigenvalue weighted by Crippen LogP contribution is 2.24. The maximum Gasteiger partial charge on any atom is 0.124 e. The summed E-state index contributed by atoms with van der Waals surface area (Å²) < 4.78 is 11.0. The van der Waals surface area contributed by atoms with Crippen LogP contribution in [0.4, 0.5) is 0 Å². The topological polar surface area (TPSA) is 38.7 Å². The molecule has 18 heavy (non-hydrogen) atoms. The lowest BCUT2D eigenvalue weighted by atomic mass is 10.1. The first-order valence-electron chi connectivity index (χ1n) is 6.72. The van der Waals surface area contributed by atoms with Gasteiger partial charge in [0.05, 0.1) is 12.7 Å².